The fourth-order valence-corrected chi connectivity index (χ4v) is 4.42. The highest BCUT2D eigenvalue weighted by Crippen LogP contribution is 2.32. The van der Waals surface area contributed by atoms with Crippen LogP contribution in [-0.2, 0) is 16.0 Å². The van der Waals surface area contributed by atoms with Gasteiger partial charge in [-0.1, -0.05) is 42.5 Å². The number of hydrogen-bond donors (Lipinski definition) is 0. The summed E-state index contributed by atoms with van der Waals surface area (Å²) in [5.41, 5.74) is 3.00. The predicted octanol–water partition coefficient (Wildman–Crippen LogP) is 3.31. The van der Waals surface area contributed by atoms with Crippen LogP contribution in [0.3, 0.4) is 0 Å². The minimum absolute atomic E-state index is 0.0324. The van der Waals surface area contributed by atoms with Crippen LogP contribution in [0, 0.1) is 0 Å². The second kappa shape index (κ2) is 11.7. The van der Waals surface area contributed by atoms with E-state index in [0.717, 1.165) is 30.8 Å². The Morgan fingerprint density at radius 1 is 1.00 bits per heavy atom. The summed E-state index contributed by atoms with van der Waals surface area (Å²) in [5, 5.41) is 0. The Hall–Kier alpha value is -3.58. The molecule has 184 valence electrons. The van der Waals surface area contributed by atoms with E-state index in [0.29, 0.717) is 37.6 Å². The first-order chi connectivity index (χ1) is 17.1. The lowest BCUT2D eigenvalue weighted by Gasteiger charge is -2.34. The molecular weight excluding hydrogens is 442 g/mol. The normalized spacial score (nSPS) is 16.3. The van der Waals surface area contributed by atoms with Crippen LogP contribution in [-0.4, -0.2) is 80.0 Å². The van der Waals surface area contributed by atoms with E-state index in [4.69, 9.17) is 9.47 Å². The molecule has 4 rings (SSSR count). The summed E-state index contributed by atoms with van der Waals surface area (Å²) in [6.07, 6.45) is 8.54. The first-order valence-electron chi connectivity index (χ1n) is 12.0. The molecule has 1 saturated heterocycles. The maximum Gasteiger partial charge on any atom is 0.230 e. The molecule has 0 aromatic heterocycles. The van der Waals surface area contributed by atoms with Crippen LogP contribution in [0.1, 0.15) is 23.1 Å². The third kappa shape index (κ3) is 6.31. The quantitative estimate of drug-likeness (QED) is 0.586. The molecule has 0 radical (unpaired) electrons. The van der Waals surface area contributed by atoms with Crippen molar-refractivity contribution in [3.8, 4) is 11.5 Å². The molecule has 2 aliphatic heterocycles. The average molecular weight is 476 g/mol. The highest BCUT2D eigenvalue weighted by molar-refractivity contribution is 5.85. The molecule has 0 spiro atoms. The van der Waals surface area contributed by atoms with Gasteiger partial charge in [0.2, 0.25) is 11.8 Å². The van der Waals surface area contributed by atoms with Gasteiger partial charge in [-0.05, 0) is 34.9 Å². The Labute approximate surface area is 207 Å². The number of ether oxygens (including phenoxy) is 2. The van der Waals surface area contributed by atoms with E-state index in [1.807, 2.05) is 41.3 Å². The van der Waals surface area contributed by atoms with Crippen molar-refractivity contribution < 1.29 is 19.1 Å². The van der Waals surface area contributed by atoms with Crippen molar-refractivity contribution in [1.29, 1.82) is 0 Å². The van der Waals surface area contributed by atoms with Gasteiger partial charge in [-0.25, -0.2) is 0 Å². The molecule has 0 atom stereocenters. The van der Waals surface area contributed by atoms with E-state index in [1.54, 1.807) is 25.3 Å². The highest BCUT2D eigenvalue weighted by atomic mass is 16.5. The van der Waals surface area contributed by atoms with E-state index in [1.165, 1.54) is 5.56 Å². The summed E-state index contributed by atoms with van der Waals surface area (Å²) >= 11 is 0. The number of carbonyl (C=O) groups is 2. The number of carbonyl (C=O) groups excluding carboxylic acids is 2. The van der Waals surface area contributed by atoms with E-state index in [2.05, 4.69) is 29.2 Å². The van der Waals surface area contributed by atoms with Gasteiger partial charge in [0.25, 0.3) is 0 Å². The number of amides is 2. The van der Waals surface area contributed by atoms with Crippen molar-refractivity contribution in [2.75, 3.05) is 53.5 Å². The average Bonchev–Trinajstić information content (AvgIpc) is 3.04. The van der Waals surface area contributed by atoms with Crippen LogP contribution in [0.15, 0.2) is 54.7 Å². The summed E-state index contributed by atoms with van der Waals surface area (Å²) in [4.78, 5) is 31.6. The molecule has 2 amide bonds. The van der Waals surface area contributed by atoms with Gasteiger partial charge in [0, 0.05) is 51.9 Å². The van der Waals surface area contributed by atoms with Gasteiger partial charge < -0.3 is 19.3 Å². The maximum atomic E-state index is 12.8. The topological polar surface area (TPSA) is 62.3 Å². The van der Waals surface area contributed by atoms with Crippen LogP contribution < -0.4 is 9.47 Å². The lowest BCUT2D eigenvalue weighted by Crippen LogP contribution is -2.49. The number of nitrogens with zero attached hydrogens (tertiary/aromatic N) is 3. The minimum atomic E-state index is -0.0324. The van der Waals surface area contributed by atoms with E-state index in [9.17, 15) is 9.59 Å². The maximum absolute atomic E-state index is 12.8. The van der Waals surface area contributed by atoms with Gasteiger partial charge in [0.15, 0.2) is 11.5 Å². The monoisotopic (exact) mass is 475 g/mol. The summed E-state index contributed by atoms with van der Waals surface area (Å²) < 4.78 is 10.7. The van der Waals surface area contributed by atoms with Crippen LogP contribution in [0.2, 0.25) is 0 Å². The molecule has 2 aromatic rings. The van der Waals surface area contributed by atoms with E-state index in [-0.39, 0.29) is 18.2 Å². The Morgan fingerprint density at radius 3 is 2.43 bits per heavy atom. The number of benzene rings is 2. The molecule has 0 saturated carbocycles. The Bertz CT molecular complexity index is 1090. The summed E-state index contributed by atoms with van der Waals surface area (Å²) in [7, 11) is 3.17. The number of methoxy groups -OCH3 is 2. The molecule has 0 unspecified atom stereocenters. The molecule has 0 bridgehead atoms. The number of piperazine rings is 1. The zero-order valence-electron chi connectivity index (χ0n) is 20.5. The number of rotatable bonds is 8. The number of hydrogen-bond acceptors (Lipinski definition) is 5. The van der Waals surface area contributed by atoms with Crippen molar-refractivity contribution in [3.05, 3.63) is 71.4 Å². The molecular formula is C28H33N3O4. The fourth-order valence-electron chi connectivity index (χ4n) is 4.42. The standard InChI is InChI=1S/C28H33N3O4/c1-34-25-19-23-10-13-30(28(33)21-24(23)20-26(25)35-2)14-11-27(32)31-17-15-29(16-18-31)12-6-9-22-7-4-3-5-8-22/h3-10,13,19-20H,11-12,14-18,21H2,1-2H3/b9-6+. The molecule has 7 nitrogen and oxygen atoms in total. The molecule has 0 aliphatic carbocycles. The lowest BCUT2D eigenvalue weighted by atomic mass is 10.0. The lowest BCUT2D eigenvalue weighted by molar-refractivity contribution is -0.134. The third-order valence-electron chi connectivity index (χ3n) is 6.51. The van der Waals surface area contributed by atoms with Crippen molar-refractivity contribution in [2.45, 2.75) is 12.8 Å². The highest BCUT2D eigenvalue weighted by Gasteiger charge is 2.23. The zero-order valence-corrected chi connectivity index (χ0v) is 20.5. The van der Waals surface area contributed by atoms with Gasteiger partial charge in [-0.3, -0.25) is 14.5 Å². The Morgan fingerprint density at radius 2 is 1.71 bits per heavy atom. The number of fused-ring (bicyclic) bond motifs is 1. The second-order valence-electron chi connectivity index (χ2n) is 8.73. The summed E-state index contributed by atoms with van der Waals surface area (Å²) in [6, 6.07) is 14.0. The third-order valence-corrected chi connectivity index (χ3v) is 6.51. The molecule has 35 heavy (non-hydrogen) atoms. The molecule has 0 N–H and O–H groups in total. The zero-order chi connectivity index (χ0) is 24.6. The molecule has 7 heteroatoms. The Balaban J connectivity index is 1.25. The molecule has 2 aliphatic rings. The summed E-state index contributed by atoms with van der Waals surface area (Å²) in [6.45, 7) is 4.38. The van der Waals surface area contributed by atoms with Crippen LogP contribution in [0.25, 0.3) is 12.2 Å². The first-order valence-corrected chi connectivity index (χ1v) is 12.0. The smallest absolute Gasteiger partial charge is 0.230 e. The van der Waals surface area contributed by atoms with Gasteiger partial charge in [0.05, 0.1) is 20.6 Å². The molecule has 2 aromatic carbocycles. The van der Waals surface area contributed by atoms with Crippen molar-refractivity contribution in [1.82, 2.24) is 14.7 Å². The SMILES string of the molecule is COc1cc2c(cc1OC)CC(=O)N(CCC(=O)N1CCN(C/C=C/c3ccccc3)CC1)C=C2. The van der Waals surface area contributed by atoms with E-state index >= 15 is 0 Å². The largest absolute Gasteiger partial charge is 0.493 e. The van der Waals surface area contributed by atoms with Gasteiger partial charge in [-0.15, -0.1) is 0 Å². The van der Waals surface area contributed by atoms with Crippen LogP contribution in [0.5, 0.6) is 11.5 Å². The first kappa shape index (κ1) is 24.5. The fraction of sp³-hybridized carbons (Fsp3) is 0.357. The minimum Gasteiger partial charge on any atom is -0.493 e. The van der Waals surface area contributed by atoms with Crippen molar-refractivity contribution >= 4 is 24.0 Å². The molecule has 1 fully saturated rings. The Kier molecular flexibility index (Phi) is 8.21. The van der Waals surface area contributed by atoms with Crippen molar-refractivity contribution in [3.63, 3.8) is 0 Å². The van der Waals surface area contributed by atoms with E-state index < -0.39 is 0 Å². The molecule has 2 heterocycles. The van der Waals surface area contributed by atoms with Crippen LogP contribution in [0.4, 0.5) is 0 Å². The summed E-state index contributed by atoms with van der Waals surface area (Å²) in [5.74, 6) is 1.29. The van der Waals surface area contributed by atoms with Gasteiger partial charge in [-0.2, -0.15) is 0 Å². The van der Waals surface area contributed by atoms with Gasteiger partial charge in [0.1, 0.15) is 0 Å². The van der Waals surface area contributed by atoms with Crippen LogP contribution >= 0.6 is 0 Å². The van der Waals surface area contributed by atoms with Gasteiger partial charge >= 0.3 is 0 Å². The van der Waals surface area contributed by atoms with Crippen molar-refractivity contribution in [2.24, 2.45) is 0 Å². The predicted molar refractivity (Wildman–Crippen MR) is 137 cm³/mol. The second-order valence-corrected chi connectivity index (χ2v) is 8.73.